The zero-order chi connectivity index (χ0) is 13.4. The number of rotatable bonds is 7. The van der Waals surface area contributed by atoms with E-state index in [1.54, 1.807) is 0 Å². The molecule has 104 valence electrons. The molecule has 0 aromatic rings. The molecule has 0 aromatic heterocycles. The first kappa shape index (κ1) is 15.7. The number of hydrogen-bond acceptors (Lipinski definition) is 2. The predicted octanol–water partition coefficient (Wildman–Crippen LogP) is 4.03. The normalized spacial score (nSPS) is 29.7. The van der Waals surface area contributed by atoms with Crippen LogP contribution in [0.5, 0.6) is 0 Å². The third kappa shape index (κ3) is 4.72. The van der Waals surface area contributed by atoms with Gasteiger partial charge in [0.2, 0.25) is 0 Å². The SMILES string of the molecule is CCCCCS(=O)C1CC(CCC)CCC1C#N. The summed E-state index contributed by atoms with van der Waals surface area (Å²) in [5.41, 5.74) is 0. The molecule has 0 spiro atoms. The molecule has 1 rings (SSSR count). The molecule has 4 atom stereocenters. The van der Waals surface area contributed by atoms with Crippen LogP contribution >= 0.6 is 0 Å². The second-order valence-electron chi connectivity index (χ2n) is 5.53. The maximum absolute atomic E-state index is 12.4. The molecular weight excluding hydrogens is 242 g/mol. The van der Waals surface area contributed by atoms with Crippen LogP contribution in [-0.2, 0) is 10.8 Å². The molecule has 1 aliphatic rings. The van der Waals surface area contributed by atoms with Crippen LogP contribution in [0, 0.1) is 23.2 Å². The Kier molecular flexibility index (Phi) is 7.58. The molecular formula is C15H27NOS. The highest BCUT2D eigenvalue weighted by Gasteiger charge is 2.33. The van der Waals surface area contributed by atoms with E-state index in [4.69, 9.17) is 0 Å². The highest BCUT2D eigenvalue weighted by Crippen LogP contribution is 2.34. The van der Waals surface area contributed by atoms with Crippen molar-refractivity contribution in [1.82, 2.24) is 0 Å². The number of unbranched alkanes of at least 4 members (excludes halogenated alkanes) is 2. The minimum absolute atomic E-state index is 0.0422. The van der Waals surface area contributed by atoms with Crippen LogP contribution in [0.1, 0.15) is 65.2 Å². The van der Waals surface area contributed by atoms with E-state index in [0.29, 0.717) is 5.92 Å². The first-order valence-corrected chi connectivity index (χ1v) is 8.87. The van der Waals surface area contributed by atoms with Gasteiger partial charge in [-0.15, -0.1) is 0 Å². The maximum atomic E-state index is 12.4. The molecule has 0 bridgehead atoms. The van der Waals surface area contributed by atoms with Crippen molar-refractivity contribution in [3.8, 4) is 6.07 Å². The van der Waals surface area contributed by atoms with Gasteiger partial charge in [-0.3, -0.25) is 4.21 Å². The molecule has 2 nitrogen and oxygen atoms in total. The number of hydrogen-bond donors (Lipinski definition) is 0. The van der Waals surface area contributed by atoms with Gasteiger partial charge in [-0.1, -0.05) is 39.5 Å². The zero-order valence-corrected chi connectivity index (χ0v) is 12.7. The Hall–Kier alpha value is -0.360. The lowest BCUT2D eigenvalue weighted by atomic mass is 9.80. The van der Waals surface area contributed by atoms with Gasteiger partial charge in [0, 0.05) is 16.6 Å². The minimum Gasteiger partial charge on any atom is -0.259 e. The average Bonchev–Trinajstić information content (AvgIpc) is 2.39. The highest BCUT2D eigenvalue weighted by atomic mass is 32.2. The van der Waals surface area contributed by atoms with Crippen LogP contribution in [0.2, 0.25) is 0 Å². The topological polar surface area (TPSA) is 40.9 Å². The summed E-state index contributed by atoms with van der Waals surface area (Å²) < 4.78 is 12.4. The van der Waals surface area contributed by atoms with Gasteiger partial charge in [-0.2, -0.15) is 5.26 Å². The van der Waals surface area contributed by atoms with Gasteiger partial charge in [0.25, 0.3) is 0 Å². The molecule has 0 aliphatic heterocycles. The van der Waals surface area contributed by atoms with Crippen molar-refractivity contribution < 1.29 is 4.21 Å². The lowest BCUT2D eigenvalue weighted by Gasteiger charge is -2.32. The van der Waals surface area contributed by atoms with Gasteiger partial charge < -0.3 is 0 Å². The van der Waals surface area contributed by atoms with E-state index >= 15 is 0 Å². The number of nitriles is 1. The summed E-state index contributed by atoms with van der Waals surface area (Å²) >= 11 is 0. The van der Waals surface area contributed by atoms with E-state index in [1.165, 1.54) is 19.3 Å². The van der Waals surface area contributed by atoms with Crippen molar-refractivity contribution in [3.05, 3.63) is 0 Å². The zero-order valence-electron chi connectivity index (χ0n) is 11.9. The molecule has 0 radical (unpaired) electrons. The first-order chi connectivity index (χ1) is 8.72. The van der Waals surface area contributed by atoms with Gasteiger partial charge in [-0.05, 0) is 31.6 Å². The van der Waals surface area contributed by atoms with Crippen molar-refractivity contribution in [1.29, 1.82) is 5.26 Å². The summed E-state index contributed by atoms with van der Waals surface area (Å²) in [6.45, 7) is 4.38. The fraction of sp³-hybridized carbons (Fsp3) is 0.933. The summed E-state index contributed by atoms with van der Waals surface area (Å²) in [5, 5.41) is 9.36. The van der Waals surface area contributed by atoms with Gasteiger partial charge in [0.15, 0.2) is 0 Å². The summed E-state index contributed by atoms with van der Waals surface area (Å²) in [7, 11) is -0.785. The molecule has 18 heavy (non-hydrogen) atoms. The van der Waals surface area contributed by atoms with Crippen molar-refractivity contribution in [2.24, 2.45) is 11.8 Å². The number of nitrogens with zero attached hydrogens (tertiary/aromatic N) is 1. The van der Waals surface area contributed by atoms with Gasteiger partial charge >= 0.3 is 0 Å². The molecule has 0 N–H and O–H groups in total. The van der Waals surface area contributed by atoms with Crippen LogP contribution in [0.25, 0.3) is 0 Å². The van der Waals surface area contributed by atoms with E-state index in [1.807, 2.05) is 0 Å². The lowest BCUT2D eigenvalue weighted by Crippen LogP contribution is -2.33. The third-order valence-corrected chi connectivity index (χ3v) is 5.94. The van der Waals surface area contributed by atoms with Gasteiger partial charge in [-0.25, -0.2) is 0 Å². The van der Waals surface area contributed by atoms with E-state index in [9.17, 15) is 9.47 Å². The fourth-order valence-electron chi connectivity index (χ4n) is 2.97. The Morgan fingerprint density at radius 3 is 2.61 bits per heavy atom. The lowest BCUT2D eigenvalue weighted by molar-refractivity contribution is 0.303. The molecule has 0 heterocycles. The predicted molar refractivity (Wildman–Crippen MR) is 77.7 cm³/mol. The average molecular weight is 269 g/mol. The standard InChI is InChI=1S/C15H27NOS/c1-3-5-6-10-18(17)15-11-13(7-4-2)8-9-14(15)12-16/h13-15H,3-11H2,1-2H3. The van der Waals surface area contributed by atoms with E-state index < -0.39 is 10.8 Å². The molecule has 0 aromatic carbocycles. The molecule has 4 unspecified atom stereocenters. The highest BCUT2D eigenvalue weighted by molar-refractivity contribution is 7.85. The molecule has 1 saturated carbocycles. The monoisotopic (exact) mass is 269 g/mol. The maximum Gasteiger partial charge on any atom is 0.0668 e. The van der Waals surface area contributed by atoms with Crippen LogP contribution in [-0.4, -0.2) is 15.2 Å². The second kappa shape index (κ2) is 8.69. The van der Waals surface area contributed by atoms with E-state index in [-0.39, 0.29) is 11.2 Å². The molecule has 3 heteroatoms. The van der Waals surface area contributed by atoms with Crippen LogP contribution < -0.4 is 0 Å². The molecule has 1 fully saturated rings. The summed E-state index contributed by atoms with van der Waals surface area (Å²) in [6.07, 6.45) is 8.97. The minimum atomic E-state index is -0.785. The quantitative estimate of drug-likeness (QED) is 0.655. The largest absolute Gasteiger partial charge is 0.259 e. The molecule has 1 aliphatic carbocycles. The summed E-state index contributed by atoms with van der Waals surface area (Å²) in [5.74, 6) is 1.55. The molecule has 0 amide bonds. The first-order valence-electron chi connectivity index (χ1n) is 7.49. The van der Waals surface area contributed by atoms with Crippen LogP contribution in [0.3, 0.4) is 0 Å². The van der Waals surface area contributed by atoms with Crippen molar-refractivity contribution in [3.63, 3.8) is 0 Å². The van der Waals surface area contributed by atoms with Crippen LogP contribution in [0.4, 0.5) is 0 Å². The Morgan fingerprint density at radius 1 is 1.22 bits per heavy atom. The van der Waals surface area contributed by atoms with Crippen molar-refractivity contribution in [2.75, 3.05) is 5.75 Å². The third-order valence-electron chi connectivity index (χ3n) is 4.05. The van der Waals surface area contributed by atoms with E-state index in [0.717, 1.165) is 37.9 Å². The fourth-order valence-corrected chi connectivity index (χ4v) is 4.81. The Balaban J connectivity index is 2.51. The summed E-state index contributed by atoms with van der Waals surface area (Å²) in [6, 6.07) is 2.39. The van der Waals surface area contributed by atoms with Crippen molar-refractivity contribution in [2.45, 2.75) is 70.5 Å². The smallest absolute Gasteiger partial charge is 0.0668 e. The van der Waals surface area contributed by atoms with Crippen LogP contribution in [0.15, 0.2) is 0 Å². The Bertz CT molecular complexity index is 297. The van der Waals surface area contributed by atoms with E-state index in [2.05, 4.69) is 19.9 Å². The Labute approximate surface area is 115 Å². The van der Waals surface area contributed by atoms with Crippen molar-refractivity contribution >= 4 is 10.8 Å². The van der Waals surface area contributed by atoms with Gasteiger partial charge in [0.1, 0.15) is 0 Å². The second-order valence-corrected chi connectivity index (χ2v) is 7.31. The summed E-state index contributed by atoms with van der Waals surface area (Å²) in [4.78, 5) is 0. The molecule has 0 saturated heterocycles. The Morgan fingerprint density at radius 2 is 2.00 bits per heavy atom. The van der Waals surface area contributed by atoms with Gasteiger partial charge in [0.05, 0.1) is 17.2 Å².